The first-order valence-electron chi connectivity index (χ1n) is 10.3. The third kappa shape index (κ3) is 6.31. The van der Waals surface area contributed by atoms with Crippen LogP contribution in [0.1, 0.15) is 32.6 Å². The molecule has 0 bridgehead atoms. The van der Waals surface area contributed by atoms with Crippen molar-refractivity contribution in [3.05, 3.63) is 96.6 Å². The van der Waals surface area contributed by atoms with E-state index in [0.29, 0.717) is 0 Å². The molecule has 1 aliphatic carbocycles. The fraction of sp³-hybridized carbons (Fsp3) is 0.231. The predicted octanol–water partition coefficient (Wildman–Crippen LogP) is 5.90. The molecule has 3 rings (SSSR count). The molecule has 1 amide bonds. The van der Waals surface area contributed by atoms with Crippen LogP contribution in [0.4, 0.5) is 11.4 Å². The van der Waals surface area contributed by atoms with Gasteiger partial charge in [0, 0.05) is 23.5 Å². The van der Waals surface area contributed by atoms with Crippen LogP contribution >= 0.6 is 0 Å². The van der Waals surface area contributed by atoms with Gasteiger partial charge >= 0.3 is 5.97 Å². The lowest BCUT2D eigenvalue weighted by atomic mass is 9.99. The van der Waals surface area contributed by atoms with Crippen molar-refractivity contribution in [2.45, 2.75) is 38.7 Å². The maximum Gasteiger partial charge on any atom is 0.331 e. The molecule has 1 aliphatic rings. The zero-order chi connectivity index (χ0) is 21.2. The number of ether oxygens (including phenoxy) is 1. The second-order valence-electron chi connectivity index (χ2n) is 7.20. The highest BCUT2D eigenvalue weighted by Gasteiger charge is 2.15. The number of carbonyl (C=O) groups is 2. The van der Waals surface area contributed by atoms with E-state index in [1.165, 1.54) is 24.1 Å². The van der Waals surface area contributed by atoms with E-state index in [9.17, 15) is 9.59 Å². The molecule has 0 radical (unpaired) electrons. The topological polar surface area (TPSA) is 46.6 Å². The van der Waals surface area contributed by atoms with Crippen LogP contribution < -0.4 is 4.90 Å². The minimum absolute atomic E-state index is 0.210. The summed E-state index contributed by atoms with van der Waals surface area (Å²) in [6, 6.07) is 18.9. The van der Waals surface area contributed by atoms with Crippen LogP contribution in [0.25, 0.3) is 0 Å². The lowest BCUT2D eigenvalue weighted by molar-refractivity contribution is -0.140. The summed E-state index contributed by atoms with van der Waals surface area (Å²) in [6.45, 7) is 1.74. The van der Waals surface area contributed by atoms with Crippen LogP contribution in [0, 0.1) is 0 Å². The summed E-state index contributed by atoms with van der Waals surface area (Å²) in [5.74, 6) is -0.618. The number of benzene rings is 2. The molecule has 0 aliphatic heterocycles. The number of esters is 1. The molecule has 1 atom stereocenters. The minimum Gasteiger partial charge on any atom is -0.455 e. The van der Waals surface area contributed by atoms with Crippen molar-refractivity contribution in [1.82, 2.24) is 0 Å². The lowest BCUT2D eigenvalue weighted by Gasteiger charge is -2.21. The molecule has 0 aromatic heterocycles. The molecule has 2 aromatic rings. The van der Waals surface area contributed by atoms with Crippen LogP contribution in [0.5, 0.6) is 0 Å². The molecule has 0 saturated heterocycles. The monoisotopic (exact) mass is 401 g/mol. The van der Waals surface area contributed by atoms with Gasteiger partial charge in [-0.3, -0.25) is 9.69 Å². The zero-order valence-electron chi connectivity index (χ0n) is 17.2. The molecule has 0 N–H and O–H groups in total. The number of carbonyl (C=O) groups excluding carboxylic acids is 2. The quantitative estimate of drug-likeness (QED) is 0.429. The summed E-state index contributed by atoms with van der Waals surface area (Å²) in [5, 5.41) is 0. The molecule has 154 valence electrons. The number of anilines is 2. The van der Waals surface area contributed by atoms with Crippen molar-refractivity contribution in [1.29, 1.82) is 0 Å². The normalized spacial score (nSPS) is 15.0. The van der Waals surface area contributed by atoms with Gasteiger partial charge in [0.05, 0.1) is 0 Å². The van der Waals surface area contributed by atoms with Crippen LogP contribution in [-0.2, 0) is 14.3 Å². The van der Waals surface area contributed by atoms with Crippen molar-refractivity contribution < 1.29 is 14.3 Å². The number of nitrogens with zero attached hydrogens (tertiary/aromatic N) is 1. The van der Waals surface area contributed by atoms with Crippen molar-refractivity contribution in [3.8, 4) is 0 Å². The largest absolute Gasteiger partial charge is 0.455 e. The van der Waals surface area contributed by atoms with E-state index < -0.39 is 12.1 Å². The van der Waals surface area contributed by atoms with Crippen LogP contribution in [0.15, 0.2) is 96.6 Å². The van der Waals surface area contributed by atoms with E-state index in [4.69, 9.17) is 4.74 Å². The fourth-order valence-electron chi connectivity index (χ4n) is 3.30. The van der Waals surface area contributed by atoms with Crippen molar-refractivity contribution in [2.24, 2.45) is 0 Å². The van der Waals surface area contributed by atoms with E-state index in [1.54, 1.807) is 17.9 Å². The zero-order valence-corrected chi connectivity index (χ0v) is 17.2. The first kappa shape index (κ1) is 21.3. The summed E-state index contributed by atoms with van der Waals surface area (Å²) in [7, 11) is 0. The first-order valence-corrected chi connectivity index (χ1v) is 10.3. The van der Waals surface area contributed by atoms with Crippen LogP contribution in [0.2, 0.25) is 0 Å². The van der Waals surface area contributed by atoms with Gasteiger partial charge < -0.3 is 4.74 Å². The number of rotatable bonds is 7. The molecule has 4 nitrogen and oxygen atoms in total. The number of para-hydroxylation sites is 2. The van der Waals surface area contributed by atoms with E-state index in [2.05, 4.69) is 6.08 Å². The highest BCUT2D eigenvalue weighted by atomic mass is 16.5. The van der Waals surface area contributed by atoms with Gasteiger partial charge in [0.1, 0.15) is 6.10 Å². The number of allylic oxidation sites excluding steroid dienone is 3. The molecular weight excluding hydrogens is 374 g/mol. The standard InChI is InChI=1S/C26H27NO3/c1-21(30-26(29)20-18-22-11-5-2-6-12-22)17-19-25(28)27(23-13-7-3-8-14-23)24-15-9-4-10-16-24/h3-4,7-11,13-21H,2,5-6,12H2,1H3/b19-17-,20-18+/t21-/m1/s1. The molecular formula is C26H27NO3. The highest BCUT2D eigenvalue weighted by molar-refractivity contribution is 6.07. The molecule has 0 fully saturated rings. The van der Waals surface area contributed by atoms with Gasteiger partial charge in [0.25, 0.3) is 5.91 Å². The first-order chi connectivity index (χ1) is 14.6. The predicted molar refractivity (Wildman–Crippen MR) is 120 cm³/mol. The number of amides is 1. The Labute approximate surface area is 178 Å². The molecule has 0 saturated carbocycles. The van der Waals surface area contributed by atoms with E-state index >= 15 is 0 Å². The Morgan fingerprint density at radius 2 is 1.57 bits per heavy atom. The Kier molecular flexibility index (Phi) is 7.78. The maximum absolute atomic E-state index is 12.9. The molecule has 0 unspecified atom stereocenters. The lowest BCUT2D eigenvalue weighted by Crippen LogP contribution is -2.24. The SMILES string of the molecule is C[C@H](/C=C\C(=O)N(c1ccccc1)c1ccccc1)OC(=O)/C=C/C1=CCCCC1. The second kappa shape index (κ2) is 11.0. The summed E-state index contributed by atoms with van der Waals surface area (Å²) in [6.07, 6.45) is 12.4. The Bertz CT molecular complexity index is 890. The molecule has 4 heteroatoms. The Balaban J connectivity index is 1.64. The number of hydrogen-bond acceptors (Lipinski definition) is 3. The van der Waals surface area contributed by atoms with Gasteiger partial charge in [0.2, 0.25) is 0 Å². The van der Waals surface area contributed by atoms with Gasteiger partial charge in [-0.05, 0) is 62.9 Å². The average Bonchev–Trinajstić information content (AvgIpc) is 2.79. The summed E-state index contributed by atoms with van der Waals surface area (Å²) < 4.78 is 5.37. The minimum atomic E-state index is -0.514. The van der Waals surface area contributed by atoms with Gasteiger partial charge in [0.15, 0.2) is 0 Å². The summed E-state index contributed by atoms with van der Waals surface area (Å²) >= 11 is 0. The van der Waals surface area contributed by atoms with Crippen LogP contribution in [0.3, 0.4) is 0 Å². The van der Waals surface area contributed by atoms with Gasteiger partial charge in [-0.2, -0.15) is 0 Å². The van der Waals surface area contributed by atoms with Gasteiger partial charge in [-0.15, -0.1) is 0 Å². The van der Waals surface area contributed by atoms with Crippen molar-refractivity contribution >= 4 is 23.3 Å². The van der Waals surface area contributed by atoms with E-state index in [1.807, 2.05) is 66.7 Å². The summed E-state index contributed by atoms with van der Waals surface area (Å²) in [4.78, 5) is 26.6. The molecule has 2 aromatic carbocycles. The van der Waals surface area contributed by atoms with Crippen molar-refractivity contribution in [2.75, 3.05) is 4.90 Å². The third-order valence-corrected chi connectivity index (χ3v) is 4.82. The van der Waals surface area contributed by atoms with Crippen molar-refractivity contribution in [3.63, 3.8) is 0 Å². The Morgan fingerprint density at radius 3 is 2.13 bits per heavy atom. The van der Waals surface area contributed by atoms with E-state index in [0.717, 1.165) is 30.6 Å². The number of hydrogen-bond donors (Lipinski definition) is 0. The molecule has 0 heterocycles. The molecule has 30 heavy (non-hydrogen) atoms. The molecule has 0 spiro atoms. The second-order valence-corrected chi connectivity index (χ2v) is 7.20. The van der Waals surface area contributed by atoms with Crippen LogP contribution in [-0.4, -0.2) is 18.0 Å². The maximum atomic E-state index is 12.9. The summed E-state index contributed by atoms with van der Waals surface area (Å²) in [5.41, 5.74) is 2.72. The Hall–Kier alpha value is -3.40. The Morgan fingerprint density at radius 1 is 0.933 bits per heavy atom. The fourth-order valence-corrected chi connectivity index (χ4v) is 3.30. The highest BCUT2D eigenvalue weighted by Crippen LogP contribution is 2.25. The smallest absolute Gasteiger partial charge is 0.331 e. The third-order valence-electron chi connectivity index (χ3n) is 4.82. The van der Waals surface area contributed by atoms with Gasteiger partial charge in [-0.25, -0.2) is 4.79 Å². The van der Waals surface area contributed by atoms with Gasteiger partial charge in [-0.1, -0.05) is 54.1 Å². The average molecular weight is 402 g/mol. The van der Waals surface area contributed by atoms with E-state index in [-0.39, 0.29) is 5.91 Å².